The van der Waals surface area contributed by atoms with E-state index in [0.29, 0.717) is 11.1 Å². The molecule has 1 aliphatic rings. The Balaban J connectivity index is 1.35. The first-order valence-electron chi connectivity index (χ1n) is 11.4. The third-order valence-corrected chi connectivity index (χ3v) is 6.94. The maximum Gasteiger partial charge on any atom is 0.193 e. The second-order valence-electron chi connectivity index (χ2n) is 8.60. The number of nitrogens with one attached hydrogen (secondary N) is 1. The largest absolute Gasteiger partial charge is 0.369 e. The monoisotopic (exact) mass is 469 g/mol. The van der Waals surface area contributed by atoms with Gasteiger partial charge in [0.15, 0.2) is 10.9 Å². The van der Waals surface area contributed by atoms with Crippen molar-refractivity contribution in [3.63, 3.8) is 0 Å². The van der Waals surface area contributed by atoms with Gasteiger partial charge in [-0.2, -0.15) is 0 Å². The van der Waals surface area contributed by atoms with Gasteiger partial charge in [-0.3, -0.25) is 9.78 Å². The highest BCUT2D eigenvalue weighted by atomic mass is 32.1. The lowest BCUT2D eigenvalue weighted by atomic mass is 10.0. The Bertz CT molecular complexity index is 1300. The molecule has 0 radical (unpaired) electrons. The Morgan fingerprint density at radius 3 is 2.62 bits per heavy atom. The van der Waals surface area contributed by atoms with Gasteiger partial charge < -0.3 is 15.1 Å². The maximum absolute atomic E-state index is 13.4. The molecular weight excluding hydrogens is 442 g/mol. The molecule has 7 heteroatoms. The number of aryl methyl sites for hydroxylation is 1. The number of pyridine rings is 1. The second kappa shape index (κ2) is 9.75. The lowest BCUT2D eigenvalue weighted by molar-refractivity contribution is 0.103. The predicted octanol–water partition coefficient (Wildman–Crippen LogP) is 5.24. The highest BCUT2D eigenvalue weighted by Crippen LogP contribution is 2.29. The first-order chi connectivity index (χ1) is 16.6. The van der Waals surface area contributed by atoms with Crippen molar-refractivity contribution in [2.24, 2.45) is 0 Å². The molecular formula is C27H27N5OS. The molecule has 172 valence electrons. The molecule has 0 bridgehead atoms. The van der Waals surface area contributed by atoms with Crippen LogP contribution in [0.3, 0.4) is 0 Å². The summed E-state index contributed by atoms with van der Waals surface area (Å²) in [5.74, 6) is 0.0224. The fourth-order valence-electron chi connectivity index (χ4n) is 4.07. The van der Waals surface area contributed by atoms with E-state index in [1.54, 1.807) is 12.4 Å². The number of anilines is 3. The summed E-state index contributed by atoms with van der Waals surface area (Å²) in [7, 11) is 2.14. The van der Waals surface area contributed by atoms with Crippen LogP contribution >= 0.6 is 11.3 Å². The van der Waals surface area contributed by atoms with E-state index in [0.717, 1.165) is 59.5 Å². The third kappa shape index (κ3) is 4.85. The number of nitrogens with zero attached hydrogens (tertiary/aromatic N) is 4. The van der Waals surface area contributed by atoms with Crippen LogP contribution in [0, 0.1) is 6.92 Å². The Morgan fingerprint density at radius 2 is 1.82 bits per heavy atom. The summed E-state index contributed by atoms with van der Waals surface area (Å²) in [5.41, 5.74) is 6.27. The molecule has 0 amide bonds. The quantitative estimate of drug-likeness (QED) is 0.390. The average Bonchev–Trinajstić information content (AvgIpc) is 3.35. The number of aromatic nitrogens is 2. The van der Waals surface area contributed by atoms with Crippen LogP contribution in [-0.4, -0.2) is 53.9 Å². The minimum Gasteiger partial charge on any atom is -0.369 e. The van der Waals surface area contributed by atoms with Crippen molar-refractivity contribution in [3.8, 4) is 11.3 Å². The van der Waals surface area contributed by atoms with Crippen molar-refractivity contribution in [2.45, 2.75) is 6.92 Å². The van der Waals surface area contributed by atoms with Gasteiger partial charge in [0.2, 0.25) is 0 Å². The molecule has 6 nitrogen and oxygen atoms in total. The summed E-state index contributed by atoms with van der Waals surface area (Å²) < 4.78 is 0. The molecule has 5 rings (SSSR count). The van der Waals surface area contributed by atoms with Crippen molar-refractivity contribution in [1.82, 2.24) is 14.9 Å². The molecule has 0 unspecified atom stereocenters. The molecule has 1 aliphatic heterocycles. The first kappa shape index (κ1) is 22.3. The number of likely N-dealkylation sites (N-methyl/N-ethyl adjacent to an activating group) is 1. The standard InChI is InChI=1S/C27H27N5OS/c1-19-8-9-21(16-24(19)29-27-30-25(18-34-27)22-6-4-10-28-17-22)26(33)20-5-3-7-23(15-20)32-13-11-31(2)12-14-32/h3-10,15-18H,11-14H2,1-2H3,(H,29,30). The molecule has 1 fully saturated rings. The molecule has 34 heavy (non-hydrogen) atoms. The average molecular weight is 470 g/mol. The van der Waals surface area contributed by atoms with Crippen LogP contribution in [0.15, 0.2) is 72.4 Å². The zero-order chi connectivity index (χ0) is 23.5. The van der Waals surface area contributed by atoms with E-state index in [9.17, 15) is 4.79 Å². The van der Waals surface area contributed by atoms with E-state index in [2.05, 4.69) is 33.2 Å². The van der Waals surface area contributed by atoms with E-state index >= 15 is 0 Å². The van der Waals surface area contributed by atoms with Crippen LogP contribution in [0.4, 0.5) is 16.5 Å². The Hall–Kier alpha value is -3.55. The number of carbonyl (C=O) groups excluding carboxylic acids is 1. The topological polar surface area (TPSA) is 61.4 Å². The number of hydrogen-bond acceptors (Lipinski definition) is 7. The summed E-state index contributed by atoms with van der Waals surface area (Å²) in [4.78, 5) is 26.9. The van der Waals surface area contributed by atoms with Crippen LogP contribution in [0.25, 0.3) is 11.3 Å². The Morgan fingerprint density at radius 1 is 1.00 bits per heavy atom. The van der Waals surface area contributed by atoms with E-state index in [1.807, 2.05) is 60.8 Å². The molecule has 0 atom stereocenters. The smallest absolute Gasteiger partial charge is 0.193 e. The number of carbonyl (C=O) groups is 1. The van der Waals surface area contributed by atoms with Crippen LogP contribution in [0.5, 0.6) is 0 Å². The number of benzene rings is 2. The predicted molar refractivity (Wildman–Crippen MR) is 139 cm³/mol. The number of hydrogen-bond donors (Lipinski definition) is 1. The molecule has 4 aromatic rings. The minimum absolute atomic E-state index is 0.0224. The molecule has 2 aromatic heterocycles. The summed E-state index contributed by atoms with van der Waals surface area (Å²) >= 11 is 1.53. The fraction of sp³-hybridized carbons (Fsp3) is 0.222. The number of rotatable bonds is 6. The minimum atomic E-state index is 0.0224. The van der Waals surface area contributed by atoms with Gasteiger partial charge >= 0.3 is 0 Å². The summed E-state index contributed by atoms with van der Waals surface area (Å²) in [6, 6.07) is 17.7. The number of thiazole rings is 1. The van der Waals surface area contributed by atoms with Gasteiger partial charge in [-0.15, -0.1) is 11.3 Å². The van der Waals surface area contributed by atoms with Crippen molar-refractivity contribution < 1.29 is 4.79 Å². The molecule has 0 spiro atoms. The van der Waals surface area contributed by atoms with Crippen LogP contribution < -0.4 is 10.2 Å². The molecule has 0 aliphatic carbocycles. The molecule has 1 saturated heterocycles. The summed E-state index contributed by atoms with van der Waals surface area (Å²) in [5, 5.41) is 6.19. The van der Waals surface area contributed by atoms with Crippen LogP contribution in [-0.2, 0) is 0 Å². The van der Waals surface area contributed by atoms with Gasteiger partial charge in [0.25, 0.3) is 0 Å². The molecule has 3 heterocycles. The molecule has 0 saturated carbocycles. The Kier molecular flexibility index (Phi) is 6.38. The van der Waals surface area contributed by atoms with Gasteiger partial charge in [0.1, 0.15) is 0 Å². The zero-order valence-electron chi connectivity index (χ0n) is 19.4. The van der Waals surface area contributed by atoms with Crippen molar-refractivity contribution in [1.29, 1.82) is 0 Å². The highest BCUT2D eigenvalue weighted by Gasteiger charge is 2.17. The lowest BCUT2D eigenvalue weighted by Gasteiger charge is -2.34. The third-order valence-electron chi connectivity index (χ3n) is 6.18. The second-order valence-corrected chi connectivity index (χ2v) is 9.46. The van der Waals surface area contributed by atoms with Gasteiger partial charge in [0, 0.05) is 72.0 Å². The maximum atomic E-state index is 13.4. The van der Waals surface area contributed by atoms with Crippen molar-refractivity contribution >= 4 is 33.6 Å². The molecule has 2 aromatic carbocycles. The van der Waals surface area contributed by atoms with E-state index in [4.69, 9.17) is 4.98 Å². The van der Waals surface area contributed by atoms with Crippen molar-refractivity contribution in [3.05, 3.63) is 89.1 Å². The zero-order valence-corrected chi connectivity index (χ0v) is 20.2. The fourth-order valence-corrected chi connectivity index (χ4v) is 4.80. The summed E-state index contributed by atoms with van der Waals surface area (Å²) in [6.07, 6.45) is 3.56. The van der Waals surface area contributed by atoms with E-state index < -0.39 is 0 Å². The van der Waals surface area contributed by atoms with Gasteiger partial charge in [0.05, 0.1) is 5.69 Å². The van der Waals surface area contributed by atoms with E-state index in [1.165, 1.54) is 11.3 Å². The summed E-state index contributed by atoms with van der Waals surface area (Å²) in [6.45, 7) is 6.04. The highest BCUT2D eigenvalue weighted by molar-refractivity contribution is 7.14. The Labute approximate surface area is 203 Å². The van der Waals surface area contributed by atoms with Gasteiger partial charge in [-0.05, 0) is 49.9 Å². The number of piperazine rings is 1. The van der Waals surface area contributed by atoms with Crippen molar-refractivity contribution in [2.75, 3.05) is 43.4 Å². The molecule has 1 N–H and O–H groups in total. The SMILES string of the molecule is Cc1ccc(C(=O)c2cccc(N3CCN(C)CC3)c2)cc1Nc1nc(-c2cccnc2)cs1. The van der Waals surface area contributed by atoms with Crippen LogP contribution in [0.1, 0.15) is 21.5 Å². The van der Waals surface area contributed by atoms with Gasteiger partial charge in [-0.1, -0.05) is 24.3 Å². The normalized spacial score (nSPS) is 14.2. The lowest BCUT2D eigenvalue weighted by Crippen LogP contribution is -2.44. The first-order valence-corrected chi connectivity index (χ1v) is 12.3. The van der Waals surface area contributed by atoms with E-state index in [-0.39, 0.29) is 5.78 Å². The number of ketones is 1. The van der Waals surface area contributed by atoms with Crippen LogP contribution in [0.2, 0.25) is 0 Å². The van der Waals surface area contributed by atoms with Gasteiger partial charge in [-0.25, -0.2) is 4.98 Å².